The number of hydrogen-bond donors (Lipinski definition) is 3. The second-order valence-corrected chi connectivity index (χ2v) is 4.64. The minimum atomic E-state index is 0.212. The van der Waals surface area contributed by atoms with E-state index in [2.05, 4.69) is 44.4 Å². The van der Waals surface area contributed by atoms with E-state index in [-0.39, 0.29) is 5.84 Å². The number of hydrogen-bond acceptors (Lipinski definition) is 6. The molecule has 2 rings (SSSR count). The molecule has 0 amide bonds. The lowest BCUT2D eigenvalue weighted by atomic mass is 10.1. The van der Waals surface area contributed by atoms with Crippen molar-refractivity contribution in [2.75, 3.05) is 0 Å². The van der Waals surface area contributed by atoms with Crippen LogP contribution in [0, 0.1) is 0 Å². The number of hydrazone groups is 1. The van der Waals surface area contributed by atoms with Gasteiger partial charge in [-0.1, -0.05) is 35.4 Å². The molecular formula is C14H17N7S. The molecule has 0 aliphatic carbocycles. The molecule has 0 bridgehead atoms. The molecule has 4 N–H and O–H groups in total. The van der Waals surface area contributed by atoms with Crippen molar-refractivity contribution in [1.82, 2.24) is 15.6 Å². The molecule has 0 saturated carbocycles. The third kappa shape index (κ3) is 3.47. The van der Waals surface area contributed by atoms with Crippen LogP contribution in [0.25, 0.3) is 0 Å². The molecule has 0 aromatic rings. The van der Waals surface area contributed by atoms with E-state index < -0.39 is 0 Å². The molecule has 22 heavy (non-hydrogen) atoms. The highest BCUT2D eigenvalue weighted by molar-refractivity contribution is 7.47. The van der Waals surface area contributed by atoms with Crippen LogP contribution in [0.5, 0.6) is 0 Å². The number of nitrogens with zero attached hydrogens (tertiary/aromatic N) is 4. The molecule has 0 atom stereocenters. The molecule has 2 aliphatic rings. The summed E-state index contributed by atoms with van der Waals surface area (Å²) in [5.74, 6) is 1.05. The van der Waals surface area contributed by atoms with E-state index in [1.54, 1.807) is 12.5 Å². The summed E-state index contributed by atoms with van der Waals surface area (Å²) in [5, 5.41) is 11.0. The van der Waals surface area contributed by atoms with Gasteiger partial charge in [-0.2, -0.15) is 5.10 Å². The van der Waals surface area contributed by atoms with E-state index in [0.717, 1.165) is 17.1 Å². The van der Waals surface area contributed by atoms with Crippen molar-refractivity contribution >= 4 is 24.6 Å². The van der Waals surface area contributed by atoms with Crippen molar-refractivity contribution in [3.8, 4) is 0 Å². The Kier molecular flexibility index (Phi) is 5.21. The van der Waals surface area contributed by atoms with Crippen molar-refractivity contribution in [3.05, 3.63) is 59.9 Å². The summed E-state index contributed by atoms with van der Waals surface area (Å²) in [4.78, 5) is 1.82. The Morgan fingerprint density at radius 3 is 3.09 bits per heavy atom. The zero-order chi connectivity index (χ0) is 15.9. The van der Waals surface area contributed by atoms with Crippen molar-refractivity contribution in [1.29, 1.82) is 0 Å². The maximum Gasteiger partial charge on any atom is 0.172 e. The Morgan fingerprint density at radius 1 is 1.59 bits per heavy atom. The average Bonchev–Trinajstić information content (AvgIpc) is 3.00. The number of rotatable bonds is 6. The number of nitrogens with one attached hydrogen (secondary N) is 2. The minimum absolute atomic E-state index is 0.212. The van der Waals surface area contributed by atoms with Crippen LogP contribution in [0.1, 0.15) is 13.3 Å². The maximum absolute atomic E-state index is 5.85. The molecule has 2 aliphatic heterocycles. The van der Waals surface area contributed by atoms with Gasteiger partial charge in [-0.15, -0.1) is 5.10 Å². The Balaban J connectivity index is 2.28. The lowest BCUT2D eigenvalue weighted by molar-refractivity contribution is 0.610. The summed E-state index contributed by atoms with van der Waals surface area (Å²) in [5.41, 5.74) is 11.3. The van der Waals surface area contributed by atoms with Crippen LogP contribution < -0.4 is 16.5 Å². The van der Waals surface area contributed by atoms with Gasteiger partial charge in [0.15, 0.2) is 11.7 Å². The van der Waals surface area contributed by atoms with Crippen LogP contribution in [-0.4, -0.2) is 17.1 Å². The second kappa shape index (κ2) is 7.32. The van der Waals surface area contributed by atoms with Crippen molar-refractivity contribution in [3.63, 3.8) is 0 Å². The van der Waals surface area contributed by atoms with Gasteiger partial charge in [0.1, 0.15) is 12.0 Å². The van der Waals surface area contributed by atoms with Crippen molar-refractivity contribution in [2.24, 2.45) is 20.4 Å². The summed E-state index contributed by atoms with van der Waals surface area (Å²) in [7, 11) is 0. The zero-order valence-electron chi connectivity index (χ0n) is 12.2. The molecule has 114 valence electrons. The molecule has 0 fully saturated rings. The van der Waals surface area contributed by atoms with Gasteiger partial charge in [-0.25, -0.2) is 0 Å². The van der Waals surface area contributed by atoms with E-state index in [1.165, 1.54) is 0 Å². The predicted octanol–water partition coefficient (Wildman–Crippen LogP) is 1.53. The maximum atomic E-state index is 5.85. The van der Waals surface area contributed by atoms with Gasteiger partial charge in [0.05, 0.1) is 18.1 Å². The van der Waals surface area contributed by atoms with Crippen LogP contribution in [-0.2, 0) is 12.4 Å². The first kappa shape index (κ1) is 15.6. The van der Waals surface area contributed by atoms with Gasteiger partial charge in [-0.3, -0.25) is 10.3 Å². The van der Waals surface area contributed by atoms with Crippen LogP contribution in [0.15, 0.2) is 74.5 Å². The fourth-order valence-corrected chi connectivity index (χ4v) is 2.05. The highest BCUT2D eigenvalue weighted by atomic mass is 32.1. The molecule has 7 nitrogen and oxygen atoms in total. The van der Waals surface area contributed by atoms with Gasteiger partial charge in [0.25, 0.3) is 0 Å². The van der Waals surface area contributed by atoms with E-state index in [1.807, 2.05) is 36.1 Å². The fourth-order valence-electron chi connectivity index (χ4n) is 1.96. The fraction of sp³-hybridized carbons (Fsp3) is 0.143. The summed E-state index contributed by atoms with van der Waals surface area (Å²) >= 11 is 4.47. The first-order valence-corrected chi connectivity index (χ1v) is 6.96. The average molecular weight is 315 g/mol. The monoisotopic (exact) mass is 315 g/mol. The van der Waals surface area contributed by atoms with E-state index in [4.69, 9.17) is 5.73 Å². The Morgan fingerprint density at radius 2 is 2.41 bits per heavy atom. The van der Waals surface area contributed by atoms with Crippen LogP contribution in [0.3, 0.4) is 0 Å². The summed E-state index contributed by atoms with van der Waals surface area (Å²) < 4.78 is 3.28. The molecule has 0 unspecified atom stereocenters. The second-order valence-electron chi connectivity index (χ2n) is 4.47. The summed E-state index contributed by atoms with van der Waals surface area (Å²) in [6, 6.07) is 0. The Labute approximate surface area is 134 Å². The SMILES string of the molecule is C=C/C(=C\C=C/C)CC1=C2NN=CN2C=C(C(N)=NN=S)N1. The molecule has 2 heterocycles. The van der Waals surface area contributed by atoms with Gasteiger partial charge >= 0.3 is 0 Å². The standard InChI is InChI=1S/C14H17N7S/c1-3-5-6-10(4-2)7-11-14-19-16-9-21(14)8-12(17-11)13(15)18-20-22/h3-6,8-9,17,19H,2,7H2,1H3,(H2,15,18,22)/b5-3-,10-6+. The minimum Gasteiger partial charge on any atom is -0.380 e. The zero-order valence-corrected chi connectivity index (χ0v) is 13.0. The largest absolute Gasteiger partial charge is 0.380 e. The van der Waals surface area contributed by atoms with Crippen LogP contribution in [0.2, 0.25) is 0 Å². The highest BCUT2D eigenvalue weighted by Crippen LogP contribution is 2.22. The summed E-state index contributed by atoms with van der Waals surface area (Å²) in [6.45, 7) is 5.80. The van der Waals surface area contributed by atoms with Gasteiger partial charge < -0.3 is 11.1 Å². The molecule has 8 heteroatoms. The smallest absolute Gasteiger partial charge is 0.172 e. The highest BCUT2D eigenvalue weighted by Gasteiger charge is 2.24. The number of allylic oxidation sites excluding steroid dienone is 5. The van der Waals surface area contributed by atoms with Crippen LogP contribution in [0.4, 0.5) is 0 Å². The van der Waals surface area contributed by atoms with Crippen LogP contribution >= 0.6 is 0 Å². The van der Waals surface area contributed by atoms with E-state index >= 15 is 0 Å². The van der Waals surface area contributed by atoms with Gasteiger partial charge in [0.2, 0.25) is 0 Å². The Bertz CT molecular complexity index is 652. The first-order chi connectivity index (χ1) is 10.7. The van der Waals surface area contributed by atoms with E-state index in [0.29, 0.717) is 12.1 Å². The van der Waals surface area contributed by atoms with Crippen molar-refractivity contribution in [2.45, 2.75) is 13.3 Å². The van der Waals surface area contributed by atoms with Gasteiger partial charge in [0, 0.05) is 12.6 Å². The lowest BCUT2D eigenvalue weighted by Crippen LogP contribution is -2.36. The molecule has 0 spiro atoms. The molecule has 0 aromatic heterocycles. The third-order valence-corrected chi connectivity index (χ3v) is 3.10. The number of amidine groups is 1. The number of fused-ring (bicyclic) bond motifs is 1. The summed E-state index contributed by atoms with van der Waals surface area (Å²) in [6.07, 6.45) is 11.8. The van der Waals surface area contributed by atoms with Gasteiger partial charge in [-0.05, 0) is 12.5 Å². The number of nitrogens with two attached hydrogens (primary N) is 1. The van der Waals surface area contributed by atoms with E-state index in [9.17, 15) is 0 Å². The normalized spacial score (nSPS) is 18.0. The molecule has 0 saturated heterocycles. The van der Waals surface area contributed by atoms with Crippen molar-refractivity contribution < 1.29 is 0 Å². The first-order valence-electron chi connectivity index (χ1n) is 6.59. The molecular weight excluding hydrogens is 298 g/mol. The quantitative estimate of drug-likeness (QED) is 0.299. The lowest BCUT2D eigenvalue weighted by Gasteiger charge is -2.25. The molecule has 0 radical (unpaired) electrons. The topological polar surface area (TPSA) is 90.4 Å². The Hall–Kier alpha value is -2.74. The predicted molar refractivity (Wildman–Crippen MR) is 90.8 cm³/mol. The molecule has 0 aromatic carbocycles. The third-order valence-electron chi connectivity index (χ3n) is 3.02.